The Balaban J connectivity index is 1.88. The largest absolute Gasteiger partial charge is 0.341 e. The van der Waals surface area contributed by atoms with Crippen molar-refractivity contribution in [1.29, 1.82) is 0 Å². The molecule has 4 heteroatoms. The van der Waals surface area contributed by atoms with Gasteiger partial charge in [0.05, 0.1) is 0 Å². The van der Waals surface area contributed by atoms with Gasteiger partial charge in [-0.3, -0.25) is 9.59 Å². The summed E-state index contributed by atoms with van der Waals surface area (Å²) >= 11 is 0. The van der Waals surface area contributed by atoms with E-state index in [1.807, 2.05) is 9.80 Å². The van der Waals surface area contributed by atoms with Gasteiger partial charge in [0, 0.05) is 38.0 Å². The van der Waals surface area contributed by atoms with Crippen LogP contribution in [0.3, 0.4) is 0 Å². The van der Waals surface area contributed by atoms with Crippen LogP contribution in [0.15, 0.2) is 0 Å². The van der Waals surface area contributed by atoms with Crippen LogP contribution < -0.4 is 0 Å². The summed E-state index contributed by atoms with van der Waals surface area (Å²) in [7, 11) is 0. The monoisotopic (exact) mass is 280 g/mol. The summed E-state index contributed by atoms with van der Waals surface area (Å²) in [5.41, 5.74) is 0. The van der Waals surface area contributed by atoms with Crippen molar-refractivity contribution in [1.82, 2.24) is 9.80 Å². The third-order valence-corrected chi connectivity index (χ3v) is 4.91. The number of hydrogen-bond donors (Lipinski definition) is 0. The van der Waals surface area contributed by atoms with Gasteiger partial charge in [0.1, 0.15) is 0 Å². The first kappa shape index (κ1) is 15.3. The molecule has 2 aliphatic rings. The highest BCUT2D eigenvalue weighted by atomic mass is 16.2. The minimum absolute atomic E-state index is 0.156. The molecule has 1 aliphatic heterocycles. The lowest BCUT2D eigenvalue weighted by Crippen LogP contribution is -2.42. The molecule has 0 spiro atoms. The molecule has 1 heterocycles. The number of hydrogen-bond acceptors (Lipinski definition) is 2. The maximum atomic E-state index is 12.4. The molecule has 0 aromatic heterocycles. The lowest BCUT2D eigenvalue weighted by atomic mass is 9.84. The highest BCUT2D eigenvalue weighted by Crippen LogP contribution is 2.28. The maximum Gasteiger partial charge on any atom is 0.225 e. The number of amides is 2. The first-order chi connectivity index (χ1) is 9.67. The number of nitrogens with zero attached hydrogens (tertiary/aromatic N) is 2. The molecule has 2 rings (SSSR count). The second-order valence-electron chi connectivity index (χ2n) is 6.15. The number of carbonyl (C=O) groups excluding carboxylic acids is 2. The van der Waals surface area contributed by atoms with Crippen molar-refractivity contribution in [3.8, 4) is 0 Å². The van der Waals surface area contributed by atoms with E-state index in [1.165, 1.54) is 6.42 Å². The van der Waals surface area contributed by atoms with Crippen LogP contribution in [-0.4, -0.2) is 47.8 Å². The van der Waals surface area contributed by atoms with Gasteiger partial charge >= 0.3 is 0 Å². The van der Waals surface area contributed by atoms with Crippen LogP contribution in [0, 0.1) is 11.8 Å². The van der Waals surface area contributed by atoms with Gasteiger partial charge in [0.25, 0.3) is 0 Å². The van der Waals surface area contributed by atoms with Crippen LogP contribution >= 0.6 is 0 Å². The molecule has 0 bridgehead atoms. The fourth-order valence-electron chi connectivity index (χ4n) is 3.17. The SMILES string of the molecule is CCC(CC)C(=O)N1CCCN(C(=O)C2CCC2)CC1. The lowest BCUT2D eigenvalue weighted by Gasteiger charge is -2.31. The van der Waals surface area contributed by atoms with Gasteiger partial charge in [-0.1, -0.05) is 20.3 Å². The van der Waals surface area contributed by atoms with Crippen molar-refractivity contribution in [2.75, 3.05) is 26.2 Å². The molecule has 0 aromatic carbocycles. The van der Waals surface area contributed by atoms with Gasteiger partial charge in [-0.05, 0) is 32.1 Å². The van der Waals surface area contributed by atoms with Crippen LogP contribution in [-0.2, 0) is 9.59 Å². The van der Waals surface area contributed by atoms with E-state index in [-0.39, 0.29) is 17.7 Å². The van der Waals surface area contributed by atoms with Gasteiger partial charge in [0.2, 0.25) is 11.8 Å². The number of carbonyl (C=O) groups is 2. The molecule has 1 saturated heterocycles. The molecule has 0 aromatic rings. The van der Waals surface area contributed by atoms with E-state index in [0.717, 1.165) is 51.7 Å². The Hall–Kier alpha value is -1.06. The van der Waals surface area contributed by atoms with Gasteiger partial charge in [-0.25, -0.2) is 0 Å². The predicted octanol–water partition coefficient (Wildman–Crippen LogP) is 2.28. The highest BCUT2D eigenvalue weighted by Gasteiger charge is 2.31. The molecular formula is C16H28N2O2. The van der Waals surface area contributed by atoms with Crippen molar-refractivity contribution < 1.29 is 9.59 Å². The van der Waals surface area contributed by atoms with Gasteiger partial charge < -0.3 is 9.80 Å². The first-order valence-electron chi connectivity index (χ1n) is 8.24. The first-order valence-corrected chi connectivity index (χ1v) is 8.24. The molecular weight excluding hydrogens is 252 g/mol. The molecule has 0 radical (unpaired) electrons. The smallest absolute Gasteiger partial charge is 0.225 e. The van der Waals surface area contributed by atoms with Crippen LogP contribution in [0.5, 0.6) is 0 Å². The number of rotatable bonds is 4. The molecule has 4 nitrogen and oxygen atoms in total. The Bertz CT molecular complexity index is 348. The topological polar surface area (TPSA) is 40.6 Å². The molecule has 114 valence electrons. The fourth-order valence-corrected chi connectivity index (χ4v) is 3.17. The molecule has 2 amide bonds. The van der Waals surface area contributed by atoms with E-state index in [4.69, 9.17) is 0 Å². The lowest BCUT2D eigenvalue weighted by molar-refractivity contribution is -0.139. The highest BCUT2D eigenvalue weighted by molar-refractivity contribution is 5.80. The Labute approximate surface area is 122 Å². The van der Waals surface area contributed by atoms with E-state index in [0.29, 0.717) is 12.5 Å². The Morgan fingerprint density at radius 2 is 1.55 bits per heavy atom. The Morgan fingerprint density at radius 1 is 0.950 bits per heavy atom. The van der Waals surface area contributed by atoms with Crippen molar-refractivity contribution >= 4 is 11.8 Å². The van der Waals surface area contributed by atoms with Gasteiger partial charge in [-0.2, -0.15) is 0 Å². The van der Waals surface area contributed by atoms with Crippen molar-refractivity contribution in [2.45, 2.75) is 52.4 Å². The second-order valence-corrected chi connectivity index (χ2v) is 6.15. The summed E-state index contributed by atoms with van der Waals surface area (Å²) in [6.45, 7) is 7.23. The van der Waals surface area contributed by atoms with Crippen molar-refractivity contribution in [2.24, 2.45) is 11.8 Å². The minimum atomic E-state index is 0.156. The molecule has 1 aliphatic carbocycles. The van der Waals surface area contributed by atoms with Crippen molar-refractivity contribution in [3.63, 3.8) is 0 Å². The normalized spacial score (nSPS) is 20.8. The summed E-state index contributed by atoms with van der Waals surface area (Å²) in [6.07, 6.45) is 6.07. The van der Waals surface area contributed by atoms with Gasteiger partial charge in [0.15, 0.2) is 0 Å². The molecule has 0 unspecified atom stereocenters. The quantitative estimate of drug-likeness (QED) is 0.792. The zero-order valence-electron chi connectivity index (χ0n) is 12.9. The van der Waals surface area contributed by atoms with E-state index in [2.05, 4.69) is 13.8 Å². The third kappa shape index (κ3) is 3.33. The van der Waals surface area contributed by atoms with E-state index < -0.39 is 0 Å². The van der Waals surface area contributed by atoms with Crippen LogP contribution in [0.2, 0.25) is 0 Å². The fraction of sp³-hybridized carbons (Fsp3) is 0.875. The summed E-state index contributed by atoms with van der Waals surface area (Å²) < 4.78 is 0. The van der Waals surface area contributed by atoms with Crippen LogP contribution in [0.4, 0.5) is 0 Å². The standard InChI is InChI=1S/C16H28N2O2/c1-3-13(4-2)15(19)17-9-6-10-18(12-11-17)16(20)14-7-5-8-14/h13-14H,3-12H2,1-2H3. The zero-order valence-corrected chi connectivity index (χ0v) is 12.9. The summed E-state index contributed by atoms with van der Waals surface area (Å²) in [5, 5.41) is 0. The van der Waals surface area contributed by atoms with E-state index in [1.54, 1.807) is 0 Å². The second kappa shape index (κ2) is 7.09. The predicted molar refractivity (Wildman–Crippen MR) is 79.2 cm³/mol. The molecule has 0 N–H and O–H groups in total. The third-order valence-electron chi connectivity index (χ3n) is 4.91. The zero-order chi connectivity index (χ0) is 14.5. The minimum Gasteiger partial charge on any atom is -0.341 e. The van der Waals surface area contributed by atoms with Crippen LogP contribution in [0.25, 0.3) is 0 Å². The van der Waals surface area contributed by atoms with Crippen molar-refractivity contribution in [3.05, 3.63) is 0 Å². The molecule has 20 heavy (non-hydrogen) atoms. The van der Waals surface area contributed by atoms with Gasteiger partial charge in [-0.15, -0.1) is 0 Å². The summed E-state index contributed by atoms with van der Waals surface area (Å²) in [6, 6.07) is 0. The summed E-state index contributed by atoms with van der Waals surface area (Å²) in [4.78, 5) is 28.7. The average molecular weight is 280 g/mol. The van der Waals surface area contributed by atoms with E-state index in [9.17, 15) is 9.59 Å². The summed E-state index contributed by atoms with van der Waals surface area (Å²) in [5.74, 6) is 1.04. The maximum absolute atomic E-state index is 12.4. The average Bonchev–Trinajstić information content (AvgIpc) is 2.63. The molecule has 2 fully saturated rings. The Morgan fingerprint density at radius 3 is 2.10 bits per heavy atom. The van der Waals surface area contributed by atoms with E-state index >= 15 is 0 Å². The Kier molecular flexibility index (Phi) is 5.44. The molecule has 1 saturated carbocycles. The molecule has 0 atom stereocenters. The van der Waals surface area contributed by atoms with Crippen LogP contribution in [0.1, 0.15) is 52.4 Å².